The molecule has 1 saturated heterocycles. The first-order chi connectivity index (χ1) is 14.4. The Labute approximate surface area is 169 Å². The molecule has 1 aliphatic heterocycles. The Kier molecular flexibility index (Phi) is 6.33. The van der Waals surface area contributed by atoms with Crippen molar-refractivity contribution < 1.29 is 38.8 Å². The molecular weight excluding hydrogens is 366 g/mol. The van der Waals surface area contributed by atoms with Crippen LogP contribution in [0.1, 0.15) is 35.9 Å². The standard InChI is InChI=1S/C20H31NO7/c1-5-14(11(2)10-21(3)4)12-7-6-8-13(9-12)27-20-17(24)15(22)16(23)18(28-20)19(25)26/h6-9,11,14-18,20,22-24H,5,10H2,1-4H3,(H,25,26)/t11-,14+,15-,16-,17+,18-,20+/m0/s1/i3D3. The molecule has 4 N–H and O–H groups in total. The van der Waals surface area contributed by atoms with Gasteiger partial charge in [0.15, 0.2) is 6.10 Å². The highest BCUT2D eigenvalue weighted by atomic mass is 16.7. The third-order valence-electron chi connectivity index (χ3n) is 5.04. The summed E-state index contributed by atoms with van der Waals surface area (Å²) < 4.78 is 33.4. The van der Waals surface area contributed by atoms with Crippen molar-refractivity contribution in [3.8, 4) is 5.75 Å². The monoisotopic (exact) mass is 400 g/mol. The summed E-state index contributed by atoms with van der Waals surface area (Å²) in [7, 11) is 1.55. The molecule has 0 bridgehead atoms. The van der Waals surface area contributed by atoms with Gasteiger partial charge < -0.3 is 34.8 Å². The lowest BCUT2D eigenvalue weighted by molar-refractivity contribution is -0.271. The fourth-order valence-electron chi connectivity index (χ4n) is 3.63. The highest BCUT2D eigenvalue weighted by Crippen LogP contribution is 2.32. The van der Waals surface area contributed by atoms with E-state index in [0.29, 0.717) is 6.54 Å². The van der Waals surface area contributed by atoms with Crippen LogP contribution in [0.5, 0.6) is 5.75 Å². The molecule has 1 aromatic carbocycles. The zero-order chi connectivity index (χ0) is 23.5. The minimum atomic E-state index is -2.18. The second kappa shape index (κ2) is 9.67. The van der Waals surface area contributed by atoms with Crippen LogP contribution in [0.2, 0.25) is 0 Å². The van der Waals surface area contributed by atoms with E-state index >= 15 is 0 Å². The quantitative estimate of drug-likeness (QED) is 0.502. The number of carboxylic acid groups (broad SMARTS) is 1. The number of aliphatic carboxylic acids is 1. The maximum atomic E-state index is 11.3. The number of aliphatic hydroxyl groups is 3. The molecule has 0 spiro atoms. The molecule has 1 aliphatic rings. The van der Waals surface area contributed by atoms with Crippen LogP contribution in [-0.2, 0) is 9.53 Å². The Bertz CT molecular complexity index is 748. The normalized spacial score (nSPS) is 32.1. The van der Waals surface area contributed by atoms with E-state index in [0.717, 1.165) is 12.0 Å². The maximum Gasteiger partial charge on any atom is 0.335 e. The van der Waals surface area contributed by atoms with E-state index in [4.69, 9.17) is 18.7 Å². The van der Waals surface area contributed by atoms with E-state index in [2.05, 4.69) is 0 Å². The molecular formula is C20H31NO7. The van der Waals surface area contributed by atoms with E-state index in [-0.39, 0.29) is 17.6 Å². The van der Waals surface area contributed by atoms with Crippen LogP contribution < -0.4 is 4.74 Å². The van der Waals surface area contributed by atoms with E-state index in [1.165, 1.54) is 4.90 Å². The zero-order valence-electron chi connectivity index (χ0n) is 19.2. The van der Waals surface area contributed by atoms with Gasteiger partial charge in [-0.05, 0) is 50.0 Å². The van der Waals surface area contributed by atoms with Crippen molar-refractivity contribution in [2.75, 3.05) is 20.6 Å². The molecule has 7 atom stereocenters. The van der Waals surface area contributed by atoms with E-state index < -0.39 is 43.7 Å². The molecule has 28 heavy (non-hydrogen) atoms. The second-order valence-electron chi connectivity index (χ2n) is 7.30. The summed E-state index contributed by atoms with van der Waals surface area (Å²) in [6.07, 6.45) is -7.68. The van der Waals surface area contributed by atoms with Crippen molar-refractivity contribution in [2.24, 2.45) is 5.92 Å². The van der Waals surface area contributed by atoms with Gasteiger partial charge in [-0.25, -0.2) is 4.79 Å². The molecule has 8 nitrogen and oxygen atoms in total. The van der Waals surface area contributed by atoms with Crippen LogP contribution in [0, 0.1) is 5.92 Å². The van der Waals surface area contributed by atoms with Gasteiger partial charge in [0.1, 0.15) is 24.1 Å². The van der Waals surface area contributed by atoms with Crippen molar-refractivity contribution in [3.05, 3.63) is 29.8 Å². The average Bonchev–Trinajstić information content (AvgIpc) is 2.68. The Morgan fingerprint density at radius 2 is 2.04 bits per heavy atom. The topological polar surface area (TPSA) is 120 Å². The first kappa shape index (κ1) is 18.3. The zero-order valence-corrected chi connectivity index (χ0v) is 16.2. The highest BCUT2D eigenvalue weighted by molar-refractivity contribution is 5.73. The van der Waals surface area contributed by atoms with Gasteiger partial charge >= 0.3 is 5.97 Å². The van der Waals surface area contributed by atoms with Crippen LogP contribution in [-0.4, -0.2) is 82.6 Å². The first-order valence-corrected chi connectivity index (χ1v) is 9.27. The number of benzene rings is 1. The van der Waals surface area contributed by atoms with Crippen LogP contribution in [0.3, 0.4) is 0 Å². The van der Waals surface area contributed by atoms with E-state index in [1.807, 2.05) is 19.9 Å². The van der Waals surface area contributed by atoms with Crippen molar-refractivity contribution in [1.29, 1.82) is 0 Å². The van der Waals surface area contributed by atoms with Crippen LogP contribution >= 0.6 is 0 Å². The molecule has 0 unspecified atom stereocenters. The SMILES string of the molecule is [2H]C([2H])([2H])N(C)C[C@H](C)[C@@H](CC)c1cccc(O[C@@H]2O[C@H](C(=O)O)[C@@H](O)[C@H](O)[C@H]2O)c1. The van der Waals surface area contributed by atoms with Gasteiger partial charge in [-0.3, -0.25) is 0 Å². The molecule has 0 radical (unpaired) electrons. The minimum Gasteiger partial charge on any atom is -0.479 e. The molecule has 1 heterocycles. The average molecular weight is 400 g/mol. The number of nitrogens with zero attached hydrogens (tertiary/aromatic N) is 1. The number of hydrogen-bond acceptors (Lipinski definition) is 7. The van der Waals surface area contributed by atoms with Crippen LogP contribution in [0.25, 0.3) is 0 Å². The lowest BCUT2D eigenvalue weighted by atomic mass is 9.85. The van der Waals surface area contributed by atoms with Gasteiger partial charge in [-0.2, -0.15) is 0 Å². The highest BCUT2D eigenvalue weighted by Gasteiger charge is 2.48. The third-order valence-corrected chi connectivity index (χ3v) is 5.04. The number of ether oxygens (including phenoxy) is 2. The Hall–Kier alpha value is -1.71. The lowest BCUT2D eigenvalue weighted by Gasteiger charge is -2.38. The maximum absolute atomic E-state index is 11.3. The van der Waals surface area contributed by atoms with E-state index in [1.54, 1.807) is 25.2 Å². The smallest absolute Gasteiger partial charge is 0.335 e. The summed E-state index contributed by atoms with van der Waals surface area (Å²) in [4.78, 5) is 12.6. The fraction of sp³-hybridized carbons (Fsp3) is 0.650. The largest absolute Gasteiger partial charge is 0.479 e. The van der Waals surface area contributed by atoms with Gasteiger partial charge in [0.05, 0.1) is 0 Å². The molecule has 2 rings (SSSR count). The third kappa shape index (κ3) is 5.21. The number of carbonyl (C=O) groups is 1. The molecule has 0 amide bonds. The predicted octanol–water partition coefficient (Wildman–Crippen LogP) is 0.649. The number of hydrogen-bond donors (Lipinski definition) is 4. The molecule has 158 valence electrons. The molecule has 8 heteroatoms. The van der Waals surface area contributed by atoms with Crippen LogP contribution in [0.15, 0.2) is 24.3 Å². The van der Waals surface area contributed by atoms with Gasteiger partial charge in [-0.15, -0.1) is 0 Å². The van der Waals surface area contributed by atoms with Gasteiger partial charge in [0.25, 0.3) is 0 Å². The summed E-state index contributed by atoms with van der Waals surface area (Å²) >= 11 is 0. The van der Waals surface area contributed by atoms with Gasteiger partial charge in [0, 0.05) is 10.7 Å². The number of aliphatic hydroxyl groups excluding tert-OH is 3. The van der Waals surface area contributed by atoms with Crippen LogP contribution in [0.4, 0.5) is 0 Å². The summed E-state index contributed by atoms with van der Waals surface area (Å²) in [5.41, 5.74) is 0.882. The molecule has 1 fully saturated rings. The number of rotatable bonds is 8. The Morgan fingerprint density at radius 1 is 1.32 bits per heavy atom. The van der Waals surface area contributed by atoms with Crippen molar-refractivity contribution in [2.45, 2.75) is 56.9 Å². The minimum absolute atomic E-state index is 0.00977. The predicted molar refractivity (Wildman–Crippen MR) is 102 cm³/mol. The van der Waals surface area contributed by atoms with Gasteiger partial charge in [0.2, 0.25) is 6.29 Å². The Morgan fingerprint density at radius 3 is 2.64 bits per heavy atom. The molecule has 0 aliphatic carbocycles. The number of carboxylic acids is 1. The summed E-state index contributed by atoms with van der Waals surface area (Å²) in [5.74, 6) is -1.18. The summed E-state index contributed by atoms with van der Waals surface area (Å²) in [5, 5.41) is 39.0. The van der Waals surface area contributed by atoms with Crippen molar-refractivity contribution >= 4 is 5.97 Å². The Balaban J connectivity index is 2.17. The summed E-state index contributed by atoms with van der Waals surface area (Å²) in [6.45, 7) is 2.13. The van der Waals surface area contributed by atoms with Gasteiger partial charge in [-0.1, -0.05) is 26.0 Å². The second-order valence-corrected chi connectivity index (χ2v) is 7.30. The lowest BCUT2D eigenvalue weighted by Crippen LogP contribution is -2.61. The molecule has 1 aromatic rings. The fourth-order valence-corrected chi connectivity index (χ4v) is 3.63. The first-order valence-electron chi connectivity index (χ1n) is 10.8. The van der Waals surface area contributed by atoms with E-state index in [9.17, 15) is 20.1 Å². The van der Waals surface area contributed by atoms with Crippen molar-refractivity contribution in [1.82, 2.24) is 4.90 Å². The molecule has 0 aromatic heterocycles. The van der Waals surface area contributed by atoms with Crippen molar-refractivity contribution in [3.63, 3.8) is 0 Å². The molecule has 0 saturated carbocycles. The summed E-state index contributed by atoms with van der Waals surface area (Å²) in [6, 6.07) is 6.91.